The molecule has 2 aliphatic heterocycles. The predicted molar refractivity (Wildman–Crippen MR) is 92.8 cm³/mol. The zero-order valence-corrected chi connectivity index (χ0v) is 16.1. The highest BCUT2D eigenvalue weighted by molar-refractivity contribution is 5.45. The van der Waals surface area contributed by atoms with E-state index in [9.17, 15) is 0 Å². The van der Waals surface area contributed by atoms with Crippen molar-refractivity contribution in [1.82, 2.24) is 0 Å². The lowest BCUT2D eigenvalue weighted by Crippen LogP contribution is -3.00. The van der Waals surface area contributed by atoms with E-state index in [1.54, 1.807) is 0 Å². The van der Waals surface area contributed by atoms with Crippen LogP contribution in [0.5, 0.6) is 0 Å². The van der Waals surface area contributed by atoms with Crippen molar-refractivity contribution in [2.75, 3.05) is 13.2 Å². The maximum absolute atomic E-state index is 6.44. The van der Waals surface area contributed by atoms with Crippen molar-refractivity contribution in [3.05, 3.63) is 65.5 Å². The van der Waals surface area contributed by atoms with E-state index in [0.717, 1.165) is 0 Å². The van der Waals surface area contributed by atoms with Gasteiger partial charge in [0.05, 0.1) is 5.41 Å². The molecule has 0 amide bonds. The Kier molecular flexibility index (Phi) is 4.69. The van der Waals surface area contributed by atoms with E-state index in [1.807, 2.05) is 0 Å². The number of halogens is 1. The highest BCUT2D eigenvalue weighted by Crippen LogP contribution is 2.61. The van der Waals surface area contributed by atoms with E-state index >= 15 is 0 Å². The Bertz CT molecular complexity index is 720. The Hall–Kier alpha value is -1.42. The SMILES string of the molecule is CCOC1(OCC)C2c3ccccc3C([n+]3ccccc32)C1(C)C.[Cl-]. The van der Waals surface area contributed by atoms with Crippen LogP contribution in [0.3, 0.4) is 0 Å². The molecule has 0 radical (unpaired) electrons. The minimum atomic E-state index is -0.642. The summed E-state index contributed by atoms with van der Waals surface area (Å²) in [4.78, 5) is 0. The second kappa shape index (κ2) is 6.39. The fraction of sp³-hybridized carbons (Fsp3) is 0.476. The summed E-state index contributed by atoms with van der Waals surface area (Å²) in [5.41, 5.74) is 3.83. The largest absolute Gasteiger partial charge is 1.00 e. The van der Waals surface area contributed by atoms with Gasteiger partial charge >= 0.3 is 0 Å². The molecule has 134 valence electrons. The molecule has 2 atom stereocenters. The monoisotopic (exact) mass is 359 g/mol. The Morgan fingerprint density at radius 1 is 0.920 bits per heavy atom. The summed E-state index contributed by atoms with van der Waals surface area (Å²) in [6.45, 7) is 9.97. The average Bonchev–Trinajstić information content (AvgIpc) is 2.58. The van der Waals surface area contributed by atoms with Gasteiger partial charge in [-0.1, -0.05) is 30.3 Å². The number of ether oxygens (including phenoxy) is 2. The van der Waals surface area contributed by atoms with E-state index in [2.05, 4.69) is 80.9 Å². The first-order valence-electron chi connectivity index (χ1n) is 8.95. The van der Waals surface area contributed by atoms with Gasteiger partial charge in [-0.3, -0.25) is 0 Å². The van der Waals surface area contributed by atoms with E-state index in [-0.39, 0.29) is 29.8 Å². The first-order valence-corrected chi connectivity index (χ1v) is 8.95. The number of rotatable bonds is 4. The van der Waals surface area contributed by atoms with Gasteiger partial charge in [-0.2, -0.15) is 4.57 Å². The summed E-state index contributed by atoms with van der Waals surface area (Å²) in [7, 11) is 0. The third-order valence-corrected chi connectivity index (χ3v) is 5.78. The number of aromatic nitrogens is 1. The van der Waals surface area contributed by atoms with Gasteiger partial charge in [0.25, 0.3) is 0 Å². The van der Waals surface area contributed by atoms with Gasteiger partial charge in [-0.25, -0.2) is 0 Å². The zero-order chi connectivity index (χ0) is 16.9. The summed E-state index contributed by atoms with van der Waals surface area (Å²) < 4.78 is 15.3. The molecule has 0 N–H and O–H groups in total. The van der Waals surface area contributed by atoms with Gasteiger partial charge in [0.15, 0.2) is 23.7 Å². The summed E-state index contributed by atoms with van der Waals surface area (Å²) in [6, 6.07) is 15.4. The third-order valence-electron chi connectivity index (χ3n) is 5.78. The second-order valence-electron chi connectivity index (χ2n) is 7.25. The molecule has 3 heterocycles. The first kappa shape index (κ1) is 18.4. The molecule has 0 saturated heterocycles. The summed E-state index contributed by atoms with van der Waals surface area (Å²) in [5.74, 6) is -0.563. The van der Waals surface area contributed by atoms with Gasteiger partial charge in [0, 0.05) is 30.9 Å². The Labute approximate surface area is 156 Å². The lowest BCUT2D eigenvalue weighted by molar-refractivity contribution is -0.755. The van der Waals surface area contributed by atoms with E-state index < -0.39 is 5.79 Å². The van der Waals surface area contributed by atoms with Crippen molar-refractivity contribution in [2.45, 2.75) is 45.4 Å². The van der Waals surface area contributed by atoms with Gasteiger partial charge in [-0.15, -0.1) is 0 Å². The second-order valence-corrected chi connectivity index (χ2v) is 7.25. The molecule has 1 aliphatic carbocycles. The van der Waals surface area contributed by atoms with Crippen LogP contribution in [0.4, 0.5) is 0 Å². The molecule has 2 aromatic rings. The number of fused-ring (bicyclic) bond motifs is 1. The van der Waals surface area contributed by atoms with Crippen LogP contribution in [0.2, 0.25) is 0 Å². The molecule has 1 aromatic carbocycles. The van der Waals surface area contributed by atoms with Crippen molar-refractivity contribution >= 4 is 0 Å². The fourth-order valence-electron chi connectivity index (χ4n) is 4.99. The average molecular weight is 360 g/mol. The van der Waals surface area contributed by atoms with Crippen molar-refractivity contribution in [2.24, 2.45) is 5.41 Å². The van der Waals surface area contributed by atoms with Crippen molar-refractivity contribution in [3.63, 3.8) is 0 Å². The molecule has 0 fully saturated rings. The fourth-order valence-corrected chi connectivity index (χ4v) is 4.99. The van der Waals surface area contributed by atoms with E-state index in [0.29, 0.717) is 13.2 Å². The number of hydrogen-bond acceptors (Lipinski definition) is 2. The Morgan fingerprint density at radius 3 is 2.16 bits per heavy atom. The lowest BCUT2D eigenvalue weighted by Gasteiger charge is -2.57. The molecule has 0 spiro atoms. The maximum atomic E-state index is 6.44. The number of pyridine rings is 1. The summed E-state index contributed by atoms with van der Waals surface area (Å²) >= 11 is 0. The van der Waals surface area contributed by atoms with E-state index in [1.165, 1.54) is 16.8 Å². The normalized spacial score (nSPS) is 24.2. The molecule has 4 heteroatoms. The lowest BCUT2D eigenvalue weighted by atomic mass is 9.57. The molecular weight excluding hydrogens is 334 g/mol. The molecule has 3 nitrogen and oxygen atoms in total. The minimum Gasteiger partial charge on any atom is -1.00 e. The molecule has 2 unspecified atom stereocenters. The Morgan fingerprint density at radius 2 is 1.52 bits per heavy atom. The van der Waals surface area contributed by atoms with Gasteiger partial charge in [0.1, 0.15) is 5.92 Å². The molecule has 3 aliphatic rings. The number of benzene rings is 1. The standard InChI is InChI=1S/C21H26NO2.ClH/c1-5-23-21(24-6-2)18-15-11-7-8-12-16(15)19(20(21,3)4)22-14-10-9-13-17(18)22;/h7-14,18-19H,5-6H2,1-4H3;1H/q+1;/p-1. The molecule has 2 bridgehead atoms. The van der Waals surface area contributed by atoms with E-state index in [4.69, 9.17) is 9.47 Å². The van der Waals surface area contributed by atoms with Gasteiger partial charge in [-0.05, 0) is 33.3 Å². The highest BCUT2D eigenvalue weighted by Gasteiger charge is 2.70. The van der Waals surface area contributed by atoms with Crippen LogP contribution in [-0.2, 0) is 9.47 Å². The van der Waals surface area contributed by atoms with Crippen LogP contribution in [0, 0.1) is 5.41 Å². The maximum Gasteiger partial charge on any atom is 0.196 e. The van der Waals surface area contributed by atoms with Crippen LogP contribution in [0.15, 0.2) is 48.7 Å². The summed E-state index contributed by atoms with van der Waals surface area (Å²) in [6.07, 6.45) is 2.20. The van der Waals surface area contributed by atoms with Crippen LogP contribution < -0.4 is 17.0 Å². The summed E-state index contributed by atoms with van der Waals surface area (Å²) in [5, 5.41) is 0. The predicted octanol–water partition coefficient (Wildman–Crippen LogP) is 0.822. The van der Waals surface area contributed by atoms with Crippen molar-refractivity contribution in [3.8, 4) is 0 Å². The molecule has 25 heavy (non-hydrogen) atoms. The van der Waals surface area contributed by atoms with Crippen LogP contribution >= 0.6 is 0 Å². The zero-order valence-electron chi connectivity index (χ0n) is 15.3. The Balaban J connectivity index is 0.00000182. The van der Waals surface area contributed by atoms with Gasteiger partial charge < -0.3 is 21.9 Å². The molecule has 5 rings (SSSR count). The smallest absolute Gasteiger partial charge is 0.196 e. The molecule has 0 saturated carbocycles. The molecule has 1 aromatic heterocycles. The van der Waals surface area contributed by atoms with Gasteiger partial charge in [0.2, 0.25) is 0 Å². The van der Waals surface area contributed by atoms with Crippen molar-refractivity contribution in [1.29, 1.82) is 0 Å². The molecular formula is C21H26ClNO2. The van der Waals surface area contributed by atoms with Crippen LogP contribution in [0.25, 0.3) is 0 Å². The van der Waals surface area contributed by atoms with Crippen molar-refractivity contribution < 1.29 is 26.4 Å². The first-order chi connectivity index (χ1) is 11.6. The van der Waals surface area contributed by atoms with Crippen LogP contribution in [-0.4, -0.2) is 19.0 Å². The minimum absolute atomic E-state index is 0. The highest BCUT2D eigenvalue weighted by atomic mass is 35.5. The number of nitrogens with zero attached hydrogens (tertiary/aromatic N) is 1. The number of hydrogen-bond donors (Lipinski definition) is 0. The van der Waals surface area contributed by atoms with Crippen LogP contribution in [0.1, 0.15) is 56.5 Å². The quantitative estimate of drug-likeness (QED) is 0.596. The third kappa shape index (κ3) is 2.22. The topological polar surface area (TPSA) is 22.3 Å².